The highest BCUT2D eigenvalue weighted by atomic mass is 32.2. The zero-order valence-corrected chi connectivity index (χ0v) is 20.8. The SMILES string of the molecule is CCCC(C=CCC1C(=O)CC(O)C1SCC(O)COc1ccc(F)cc1)CCC(=O)OCC. The minimum absolute atomic E-state index is 0.0327. The number of hydrogen-bond donors (Lipinski definition) is 2. The Morgan fingerprint density at radius 3 is 2.68 bits per heavy atom. The van der Waals surface area contributed by atoms with Crippen LogP contribution < -0.4 is 4.74 Å². The van der Waals surface area contributed by atoms with Crippen LogP contribution in [-0.2, 0) is 14.3 Å². The van der Waals surface area contributed by atoms with Crippen LogP contribution in [0.1, 0.15) is 52.4 Å². The lowest BCUT2D eigenvalue weighted by Gasteiger charge is -2.21. The third kappa shape index (κ3) is 9.76. The van der Waals surface area contributed by atoms with E-state index in [1.807, 2.05) is 6.08 Å². The fourth-order valence-corrected chi connectivity index (χ4v) is 5.43. The monoisotopic (exact) mass is 496 g/mol. The molecule has 0 saturated heterocycles. The van der Waals surface area contributed by atoms with Crippen molar-refractivity contribution in [3.05, 3.63) is 42.2 Å². The molecule has 0 aromatic heterocycles. The molecule has 1 saturated carbocycles. The van der Waals surface area contributed by atoms with Gasteiger partial charge in [-0.2, -0.15) is 11.8 Å². The first-order valence-electron chi connectivity index (χ1n) is 12.0. The highest BCUT2D eigenvalue weighted by Crippen LogP contribution is 2.36. The van der Waals surface area contributed by atoms with Gasteiger partial charge in [0.05, 0.1) is 18.8 Å². The second-order valence-corrected chi connectivity index (χ2v) is 9.83. The molecule has 2 N–H and O–H groups in total. The van der Waals surface area contributed by atoms with Crippen molar-refractivity contribution in [2.24, 2.45) is 11.8 Å². The zero-order valence-electron chi connectivity index (χ0n) is 20.0. The molecule has 0 heterocycles. The van der Waals surface area contributed by atoms with Gasteiger partial charge in [-0.3, -0.25) is 9.59 Å². The molecular weight excluding hydrogens is 459 g/mol. The van der Waals surface area contributed by atoms with E-state index in [-0.39, 0.29) is 47.7 Å². The molecule has 8 heteroatoms. The maximum Gasteiger partial charge on any atom is 0.305 e. The Morgan fingerprint density at radius 2 is 2.00 bits per heavy atom. The van der Waals surface area contributed by atoms with Crippen molar-refractivity contribution in [3.8, 4) is 5.75 Å². The third-order valence-corrected chi connectivity index (χ3v) is 7.42. The minimum atomic E-state index is -0.786. The average Bonchev–Trinajstić information content (AvgIpc) is 3.07. The lowest BCUT2D eigenvalue weighted by molar-refractivity contribution is -0.143. The second kappa shape index (κ2) is 15.2. The molecule has 5 unspecified atom stereocenters. The van der Waals surface area contributed by atoms with E-state index >= 15 is 0 Å². The predicted octanol–water partition coefficient (Wildman–Crippen LogP) is 4.32. The maximum absolute atomic E-state index is 13.0. The Kier molecular flexibility index (Phi) is 12.6. The van der Waals surface area contributed by atoms with Crippen molar-refractivity contribution in [3.63, 3.8) is 0 Å². The van der Waals surface area contributed by atoms with Crippen LogP contribution in [0.4, 0.5) is 4.39 Å². The van der Waals surface area contributed by atoms with Gasteiger partial charge in [0.15, 0.2) is 0 Å². The number of esters is 1. The molecule has 2 rings (SSSR count). The summed E-state index contributed by atoms with van der Waals surface area (Å²) in [4.78, 5) is 24.1. The lowest BCUT2D eigenvalue weighted by atomic mass is 9.95. The molecule has 34 heavy (non-hydrogen) atoms. The van der Waals surface area contributed by atoms with E-state index in [1.54, 1.807) is 6.92 Å². The highest BCUT2D eigenvalue weighted by Gasteiger charge is 2.41. The fourth-order valence-electron chi connectivity index (χ4n) is 4.07. The molecule has 0 spiro atoms. The number of hydrogen-bond acceptors (Lipinski definition) is 7. The van der Waals surface area contributed by atoms with Gasteiger partial charge in [-0.1, -0.05) is 25.5 Å². The molecule has 1 aromatic rings. The van der Waals surface area contributed by atoms with Crippen molar-refractivity contribution >= 4 is 23.5 Å². The summed E-state index contributed by atoms with van der Waals surface area (Å²) in [7, 11) is 0. The van der Waals surface area contributed by atoms with Gasteiger partial charge >= 0.3 is 5.97 Å². The Morgan fingerprint density at radius 1 is 1.26 bits per heavy atom. The van der Waals surface area contributed by atoms with Gasteiger partial charge in [0.25, 0.3) is 0 Å². The first-order valence-corrected chi connectivity index (χ1v) is 13.1. The number of ether oxygens (including phenoxy) is 2. The molecule has 1 aliphatic carbocycles. The number of rotatable bonds is 15. The van der Waals surface area contributed by atoms with Crippen LogP contribution >= 0.6 is 11.8 Å². The lowest BCUT2D eigenvalue weighted by Crippen LogP contribution is -2.27. The molecule has 1 fully saturated rings. The molecule has 6 nitrogen and oxygen atoms in total. The maximum atomic E-state index is 13.0. The summed E-state index contributed by atoms with van der Waals surface area (Å²) in [6.07, 6.45) is 6.23. The number of thioether (sulfide) groups is 1. The summed E-state index contributed by atoms with van der Waals surface area (Å²) >= 11 is 1.38. The van der Waals surface area contributed by atoms with Crippen LogP contribution in [0.25, 0.3) is 0 Å². The minimum Gasteiger partial charge on any atom is -0.491 e. The van der Waals surface area contributed by atoms with Crippen molar-refractivity contribution < 1.29 is 33.7 Å². The topological polar surface area (TPSA) is 93.1 Å². The van der Waals surface area contributed by atoms with Gasteiger partial charge in [0, 0.05) is 29.8 Å². The first kappa shape index (κ1) is 28.3. The van der Waals surface area contributed by atoms with E-state index in [4.69, 9.17) is 9.47 Å². The van der Waals surface area contributed by atoms with E-state index in [2.05, 4.69) is 13.0 Å². The van der Waals surface area contributed by atoms with E-state index in [1.165, 1.54) is 36.0 Å². The number of benzene rings is 1. The Labute approximate surface area is 205 Å². The van der Waals surface area contributed by atoms with Gasteiger partial charge in [-0.25, -0.2) is 4.39 Å². The molecule has 5 atom stereocenters. The Hall–Kier alpha value is -1.90. The molecule has 0 radical (unpaired) electrons. The van der Waals surface area contributed by atoms with Gasteiger partial charge in [0.1, 0.15) is 24.0 Å². The predicted molar refractivity (Wildman–Crippen MR) is 131 cm³/mol. The highest BCUT2D eigenvalue weighted by molar-refractivity contribution is 8.00. The van der Waals surface area contributed by atoms with Crippen LogP contribution in [0.2, 0.25) is 0 Å². The van der Waals surface area contributed by atoms with Gasteiger partial charge in [-0.15, -0.1) is 0 Å². The fraction of sp³-hybridized carbons (Fsp3) is 0.615. The van der Waals surface area contributed by atoms with E-state index in [0.29, 0.717) is 37.4 Å². The first-order chi connectivity index (χ1) is 16.3. The number of halogens is 1. The van der Waals surface area contributed by atoms with Crippen molar-refractivity contribution in [1.82, 2.24) is 0 Å². The summed E-state index contributed by atoms with van der Waals surface area (Å²) < 4.78 is 23.5. The standard InChI is InChI=1S/C26H37FO6S/c1-3-6-18(9-14-25(31)32-4-2)7-5-8-22-23(29)15-24(30)26(22)34-17-20(28)16-33-21-12-10-19(27)11-13-21/h5,7,10-13,18,20,22,24,26,28,30H,3-4,6,8-9,14-17H2,1-2H3. The molecule has 1 aliphatic rings. The average molecular weight is 497 g/mol. The third-order valence-electron chi connectivity index (χ3n) is 5.82. The quantitative estimate of drug-likeness (QED) is 0.276. The normalized spacial score (nSPS) is 22.1. The molecule has 1 aromatic carbocycles. The molecule has 0 aliphatic heterocycles. The molecular formula is C26H37FO6S. The number of aliphatic hydroxyl groups excluding tert-OH is 2. The molecule has 0 bridgehead atoms. The van der Waals surface area contributed by atoms with Crippen LogP contribution in [-0.4, -0.2) is 58.4 Å². The summed E-state index contributed by atoms with van der Waals surface area (Å²) in [6, 6.07) is 5.57. The molecule has 190 valence electrons. The van der Waals surface area contributed by atoms with Gasteiger partial charge in [-0.05, 0) is 56.4 Å². The van der Waals surface area contributed by atoms with Crippen molar-refractivity contribution in [2.45, 2.75) is 69.8 Å². The number of carbonyl (C=O) groups excluding carboxylic acids is 2. The van der Waals surface area contributed by atoms with Crippen molar-refractivity contribution in [2.75, 3.05) is 19.0 Å². The van der Waals surface area contributed by atoms with Crippen LogP contribution in [0.3, 0.4) is 0 Å². The smallest absolute Gasteiger partial charge is 0.305 e. The number of aliphatic hydroxyl groups is 2. The van der Waals surface area contributed by atoms with Gasteiger partial charge < -0.3 is 19.7 Å². The second-order valence-electron chi connectivity index (χ2n) is 8.62. The zero-order chi connectivity index (χ0) is 24.9. The Balaban J connectivity index is 1.83. The summed E-state index contributed by atoms with van der Waals surface area (Å²) in [5, 5.41) is 20.4. The summed E-state index contributed by atoms with van der Waals surface area (Å²) in [5.41, 5.74) is 0. The van der Waals surface area contributed by atoms with E-state index in [0.717, 1.165) is 12.8 Å². The number of carbonyl (C=O) groups is 2. The number of allylic oxidation sites excluding steroid dienone is 2. The van der Waals surface area contributed by atoms with Crippen LogP contribution in [0.15, 0.2) is 36.4 Å². The summed E-state index contributed by atoms with van der Waals surface area (Å²) in [6.45, 7) is 4.31. The van der Waals surface area contributed by atoms with Gasteiger partial charge in [0.2, 0.25) is 0 Å². The van der Waals surface area contributed by atoms with E-state index in [9.17, 15) is 24.2 Å². The van der Waals surface area contributed by atoms with E-state index < -0.39 is 12.2 Å². The van der Waals surface area contributed by atoms with Crippen LogP contribution in [0, 0.1) is 17.7 Å². The Bertz CT molecular complexity index is 784. The largest absolute Gasteiger partial charge is 0.491 e. The van der Waals surface area contributed by atoms with Crippen LogP contribution in [0.5, 0.6) is 5.75 Å². The summed E-state index contributed by atoms with van der Waals surface area (Å²) in [5.74, 6) is 0.197. The molecule has 0 amide bonds. The van der Waals surface area contributed by atoms with Crippen molar-refractivity contribution in [1.29, 1.82) is 0 Å². The number of Topliss-reactive ketones (excluding diaryl/α,β-unsaturated/α-hetero) is 1. The number of ketones is 1.